The van der Waals surface area contributed by atoms with Gasteiger partial charge in [0.05, 0.1) is 7.11 Å². The fourth-order valence-electron chi connectivity index (χ4n) is 2.81. The summed E-state index contributed by atoms with van der Waals surface area (Å²) in [5.74, 6) is 6.67. The SMILES string of the molecule is COc1ccc(C(Cc2cc(C)cc(C)c2)NN)cc1C. The first-order valence-corrected chi connectivity index (χ1v) is 7.21. The molecular weight excluding hydrogens is 260 g/mol. The van der Waals surface area contributed by atoms with Gasteiger partial charge in [0.2, 0.25) is 0 Å². The third kappa shape index (κ3) is 3.84. The van der Waals surface area contributed by atoms with E-state index in [0.717, 1.165) is 17.7 Å². The van der Waals surface area contributed by atoms with Crippen LogP contribution in [0.2, 0.25) is 0 Å². The van der Waals surface area contributed by atoms with Gasteiger partial charge in [0, 0.05) is 6.04 Å². The molecule has 112 valence electrons. The first-order chi connectivity index (χ1) is 10.0. The van der Waals surface area contributed by atoms with Crippen LogP contribution in [0.15, 0.2) is 36.4 Å². The Balaban J connectivity index is 2.25. The molecule has 0 fully saturated rings. The Morgan fingerprint density at radius 2 is 1.71 bits per heavy atom. The van der Waals surface area contributed by atoms with E-state index in [9.17, 15) is 0 Å². The number of nitrogens with one attached hydrogen (secondary N) is 1. The van der Waals surface area contributed by atoms with Crippen molar-refractivity contribution in [1.29, 1.82) is 0 Å². The largest absolute Gasteiger partial charge is 0.496 e. The smallest absolute Gasteiger partial charge is 0.121 e. The molecule has 0 saturated carbocycles. The average molecular weight is 284 g/mol. The second-order valence-corrected chi connectivity index (χ2v) is 5.65. The van der Waals surface area contributed by atoms with Gasteiger partial charge in [0.15, 0.2) is 0 Å². The minimum absolute atomic E-state index is 0.0933. The highest BCUT2D eigenvalue weighted by molar-refractivity contribution is 5.38. The molecule has 21 heavy (non-hydrogen) atoms. The molecule has 0 aromatic heterocycles. The van der Waals surface area contributed by atoms with Crippen molar-refractivity contribution in [3.63, 3.8) is 0 Å². The summed E-state index contributed by atoms with van der Waals surface area (Å²) in [5.41, 5.74) is 9.09. The topological polar surface area (TPSA) is 47.3 Å². The Bertz CT molecular complexity index is 602. The average Bonchev–Trinajstić information content (AvgIpc) is 2.43. The van der Waals surface area contributed by atoms with Crippen molar-refractivity contribution in [3.05, 3.63) is 64.2 Å². The summed E-state index contributed by atoms with van der Waals surface area (Å²) in [6.07, 6.45) is 0.866. The summed E-state index contributed by atoms with van der Waals surface area (Å²) >= 11 is 0. The summed E-state index contributed by atoms with van der Waals surface area (Å²) in [6.45, 7) is 6.30. The molecule has 2 rings (SSSR count). The van der Waals surface area contributed by atoms with Crippen LogP contribution in [0.25, 0.3) is 0 Å². The van der Waals surface area contributed by atoms with E-state index in [2.05, 4.69) is 49.6 Å². The lowest BCUT2D eigenvalue weighted by molar-refractivity contribution is 0.411. The summed E-state index contributed by atoms with van der Waals surface area (Å²) < 4.78 is 5.31. The minimum atomic E-state index is 0.0933. The lowest BCUT2D eigenvalue weighted by Crippen LogP contribution is -2.29. The molecule has 2 aromatic carbocycles. The maximum atomic E-state index is 5.77. The van der Waals surface area contributed by atoms with Gasteiger partial charge in [0.25, 0.3) is 0 Å². The van der Waals surface area contributed by atoms with Crippen molar-refractivity contribution in [2.45, 2.75) is 33.2 Å². The van der Waals surface area contributed by atoms with Gasteiger partial charge >= 0.3 is 0 Å². The summed E-state index contributed by atoms with van der Waals surface area (Å²) in [4.78, 5) is 0. The number of hydrogen-bond acceptors (Lipinski definition) is 3. The zero-order valence-electron chi connectivity index (χ0n) is 13.2. The molecule has 0 aliphatic heterocycles. The van der Waals surface area contributed by atoms with Crippen molar-refractivity contribution in [1.82, 2.24) is 5.43 Å². The Hall–Kier alpha value is -1.84. The number of ether oxygens (including phenoxy) is 1. The maximum absolute atomic E-state index is 5.77. The van der Waals surface area contributed by atoms with Crippen LogP contribution in [-0.4, -0.2) is 7.11 Å². The second kappa shape index (κ2) is 6.74. The van der Waals surface area contributed by atoms with Gasteiger partial charge in [-0.2, -0.15) is 0 Å². The number of aryl methyl sites for hydroxylation is 3. The minimum Gasteiger partial charge on any atom is -0.496 e. The number of hydrogen-bond donors (Lipinski definition) is 2. The van der Waals surface area contributed by atoms with Crippen LogP contribution in [0.1, 0.15) is 33.9 Å². The quantitative estimate of drug-likeness (QED) is 0.653. The normalized spacial score (nSPS) is 12.2. The molecular formula is C18H24N2O. The van der Waals surface area contributed by atoms with Crippen molar-refractivity contribution in [2.24, 2.45) is 5.84 Å². The third-order valence-corrected chi connectivity index (χ3v) is 3.74. The molecule has 3 N–H and O–H groups in total. The Kier molecular flexibility index (Phi) is 4.99. The highest BCUT2D eigenvalue weighted by atomic mass is 16.5. The van der Waals surface area contributed by atoms with E-state index in [4.69, 9.17) is 10.6 Å². The van der Waals surface area contributed by atoms with Gasteiger partial charge in [-0.1, -0.05) is 41.5 Å². The molecule has 0 aliphatic carbocycles. The Morgan fingerprint density at radius 1 is 1.05 bits per heavy atom. The molecule has 0 heterocycles. The molecule has 0 spiro atoms. The number of benzene rings is 2. The van der Waals surface area contributed by atoms with Crippen LogP contribution >= 0.6 is 0 Å². The predicted molar refractivity (Wildman–Crippen MR) is 87.4 cm³/mol. The Morgan fingerprint density at radius 3 is 2.24 bits per heavy atom. The van der Waals surface area contributed by atoms with E-state index in [1.54, 1.807) is 7.11 Å². The Labute approximate surface area is 127 Å². The number of methoxy groups -OCH3 is 1. The van der Waals surface area contributed by atoms with Crippen LogP contribution in [0.5, 0.6) is 5.75 Å². The number of rotatable bonds is 5. The monoisotopic (exact) mass is 284 g/mol. The zero-order chi connectivity index (χ0) is 15.4. The molecule has 1 atom stereocenters. The maximum Gasteiger partial charge on any atom is 0.121 e. The fraction of sp³-hybridized carbons (Fsp3) is 0.333. The summed E-state index contributed by atoms with van der Waals surface area (Å²) in [7, 11) is 1.69. The highest BCUT2D eigenvalue weighted by Gasteiger charge is 2.12. The standard InChI is InChI=1S/C18H24N2O/c1-12-7-13(2)9-15(8-12)11-17(20-19)16-5-6-18(21-4)14(3)10-16/h5-10,17,20H,11,19H2,1-4H3. The summed E-state index contributed by atoms with van der Waals surface area (Å²) in [5, 5.41) is 0. The first-order valence-electron chi connectivity index (χ1n) is 7.21. The highest BCUT2D eigenvalue weighted by Crippen LogP contribution is 2.25. The molecule has 0 bridgehead atoms. The van der Waals surface area contributed by atoms with Crippen molar-refractivity contribution >= 4 is 0 Å². The summed E-state index contributed by atoms with van der Waals surface area (Å²) in [6, 6.07) is 12.9. The van der Waals surface area contributed by atoms with Crippen LogP contribution in [-0.2, 0) is 6.42 Å². The van der Waals surface area contributed by atoms with E-state index in [-0.39, 0.29) is 6.04 Å². The second-order valence-electron chi connectivity index (χ2n) is 5.65. The first kappa shape index (κ1) is 15.5. The van der Waals surface area contributed by atoms with Crippen molar-refractivity contribution < 1.29 is 4.74 Å². The number of nitrogens with two attached hydrogens (primary N) is 1. The van der Waals surface area contributed by atoms with E-state index in [1.165, 1.54) is 22.3 Å². The molecule has 0 radical (unpaired) electrons. The lowest BCUT2D eigenvalue weighted by atomic mass is 9.96. The van der Waals surface area contributed by atoms with Crippen molar-refractivity contribution in [2.75, 3.05) is 7.11 Å². The van der Waals surface area contributed by atoms with Gasteiger partial charge in [-0.3, -0.25) is 11.3 Å². The van der Waals surface area contributed by atoms with Crippen LogP contribution in [0.3, 0.4) is 0 Å². The molecule has 1 unspecified atom stereocenters. The van der Waals surface area contributed by atoms with E-state index >= 15 is 0 Å². The fourth-order valence-corrected chi connectivity index (χ4v) is 2.81. The van der Waals surface area contributed by atoms with Crippen LogP contribution < -0.4 is 16.0 Å². The molecule has 3 heteroatoms. The van der Waals surface area contributed by atoms with Gasteiger partial charge in [-0.05, 0) is 49.9 Å². The lowest BCUT2D eigenvalue weighted by Gasteiger charge is -2.18. The predicted octanol–water partition coefficient (Wildman–Crippen LogP) is 3.37. The van der Waals surface area contributed by atoms with Gasteiger partial charge in [-0.15, -0.1) is 0 Å². The van der Waals surface area contributed by atoms with E-state index in [0.29, 0.717) is 0 Å². The molecule has 3 nitrogen and oxygen atoms in total. The van der Waals surface area contributed by atoms with E-state index in [1.807, 2.05) is 13.0 Å². The van der Waals surface area contributed by atoms with Crippen LogP contribution in [0, 0.1) is 20.8 Å². The van der Waals surface area contributed by atoms with Crippen LogP contribution in [0.4, 0.5) is 0 Å². The zero-order valence-corrected chi connectivity index (χ0v) is 13.2. The molecule has 0 aliphatic rings. The van der Waals surface area contributed by atoms with Crippen molar-refractivity contribution in [3.8, 4) is 5.75 Å². The molecule has 0 amide bonds. The third-order valence-electron chi connectivity index (χ3n) is 3.74. The van der Waals surface area contributed by atoms with Gasteiger partial charge in [0.1, 0.15) is 5.75 Å². The molecule has 2 aromatic rings. The molecule has 0 saturated heterocycles. The number of hydrazine groups is 1. The van der Waals surface area contributed by atoms with Gasteiger partial charge in [-0.25, -0.2) is 0 Å². The van der Waals surface area contributed by atoms with Gasteiger partial charge < -0.3 is 4.74 Å². The van der Waals surface area contributed by atoms with E-state index < -0.39 is 0 Å².